The van der Waals surface area contributed by atoms with Crippen LogP contribution in [0.4, 0.5) is 5.69 Å². The highest BCUT2D eigenvalue weighted by atomic mass is 16.2. The Labute approximate surface area is 185 Å². The summed E-state index contributed by atoms with van der Waals surface area (Å²) in [6.45, 7) is 10.7. The van der Waals surface area contributed by atoms with Gasteiger partial charge in [0.15, 0.2) is 13.1 Å². The summed E-state index contributed by atoms with van der Waals surface area (Å²) in [6.07, 6.45) is 0. The van der Waals surface area contributed by atoms with E-state index in [2.05, 4.69) is 24.4 Å². The molecule has 1 aliphatic rings. The number of carbonyl (C=O) groups is 2. The zero-order valence-electron chi connectivity index (χ0n) is 19.2. The first kappa shape index (κ1) is 23.0. The molecule has 3 rings (SSSR count). The SMILES string of the molecule is Cc1cccc(C)c1NC(=O)C[NH+]1CC[NH+](CC(=O)N(C)[C@@H](C)c2ccccc2)CC1. The number of rotatable bonds is 7. The number of anilines is 1. The number of nitrogens with zero attached hydrogens (tertiary/aromatic N) is 1. The standard InChI is InChI=1S/C25H34N4O2/c1-19-9-8-10-20(2)25(19)26-23(30)17-28-13-15-29(16-14-28)18-24(31)27(4)21(3)22-11-6-5-7-12-22/h5-12,21H,13-18H2,1-4H3,(H,26,30)/p+2/t21-/m0/s1. The maximum absolute atomic E-state index is 12.8. The van der Waals surface area contributed by atoms with E-state index in [-0.39, 0.29) is 17.9 Å². The number of hydrogen-bond acceptors (Lipinski definition) is 2. The minimum atomic E-state index is 0.0587. The molecule has 2 aromatic carbocycles. The van der Waals surface area contributed by atoms with Crippen molar-refractivity contribution >= 4 is 17.5 Å². The molecule has 2 aromatic rings. The molecule has 0 bridgehead atoms. The molecule has 0 saturated carbocycles. The first-order valence-corrected chi connectivity index (χ1v) is 11.2. The molecule has 6 heteroatoms. The Kier molecular flexibility index (Phi) is 7.82. The monoisotopic (exact) mass is 424 g/mol. The Morgan fingerprint density at radius 2 is 1.45 bits per heavy atom. The van der Waals surface area contributed by atoms with Crippen molar-refractivity contribution in [2.24, 2.45) is 0 Å². The van der Waals surface area contributed by atoms with E-state index in [4.69, 9.17) is 0 Å². The third-order valence-corrected chi connectivity index (χ3v) is 6.48. The van der Waals surface area contributed by atoms with Gasteiger partial charge in [0.1, 0.15) is 26.2 Å². The Morgan fingerprint density at radius 3 is 2.03 bits per heavy atom. The fraction of sp³-hybridized carbons (Fsp3) is 0.440. The molecule has 1 heterocycles. The number of hydrogen-bond donors (Lipinski definition) is 3. The third-order valence-electron chi connectivity index (χ3n) is 6.48. The van der Waals surface area contributed by atoms with Gasteiger partial charge in [-0.2, -0.15) is 0 Å². The molecule has 1 saturated heterocycles. The summed E-state index contributed by atoms with van der Waals surface area (Å²) in [5.41, 5.74) is 4.25. The summed E-state index contributed by atoms with van der Waals surface area (Å²) < 4.78 is 0. The van der Waals surface area contributed by atoms with E-state index in [0.29, 0.717) is 13.1 Å². The van der Waals surface area contributed by atoms with Crippen molar-refractivity contribution in [2.45, 2.75) is 26.8 Å². The largest absolute Gasteiger partial charge is 0.334 e. The minimum absolute atomic E-state index is 0.0587. The number of carbonyl (C=O) groups excluding carboxylic acids is 2. The van der Waals surface area contributed by atoms with Crippen molar-refractivity contribution in [3.05, 3.63) is 65.2 Å². The van der Waals surface area contributed by atoms with E-state index < -0.39 is 0 Å². The van der Waals surface area contributed by atoms with Crippen LogP contribution >= 0.6 is 0 Å². The van der Waals surface area contributed by atoms with Crippen molar-refractivity contribution in [1.82, 2.24) is 4.90 Å². The smallest absolute Gasteiger partial charge is 0.279 e. The quantitative estimate of drug-likeness (QED) is 0.597. The molecule has 2 amide bonds. The van der Waals surface area contributed by atoms with Crippen LogP contribution in [0.1, 0.15) is 29.7 Å². The van der Waals surface area contributed by atoms with Gasteiger partial charge in [-0.15, -0.1) is 0 Å². The van der Waals surface area contributed by atoms with Gasteiger partial charge in [0.25, 0.3) is 11.8 Å². The van der Waals surface area contributed by atoms with Crippen molar-refractivity contribution in [3.63, 3.8) is 0 Å². The molecule has 31 heavy (non-hydrogen) atoms. The van der Waals surface area contributed by atoms with E-state index >= 15 is 0 Å². The van der Waals surface area contributed by atoms with Gasteiger partial charge < -0.3 is 20.0 Å². The van der Waals surface area contributed by atoms with Crippen molar-refractivity contribution in [3.8, 4) is 0 Å². The number of piperazine rings is 1. The highest BCUT2D eigenvalue weighted by molar-refractivity contribution is 5.93. The highest BCUT2D eigenvalue weighted by Crippen LogP contribution is 2.19. The van der Waals surface area contributed by atoms with Gasteiger partial charge in [-0.1, -0.05) is 48.5 Å². The van der Waals surface area contributed by atoms with Crippen molar-refractivity contribution < 1.29 is 19.4 Å². The summed E-state index contributed by atoms with van der Waals surface area (Å²) in [4.78, 5) is 29.8. The summed E-state index contributed by atoms with van der Waals surface area (Å²) >= 11 is 0. The molecule has 0 spiro atoms. The van der Waals surface area contributed by atoms with E-state index in [1.165, 1.54) is 9.80 Å². The number of likely N-dealkylation sites (N-methyl/N-ethyl adjacent to an activating group) is 1. The van der Waals surface area contributed by atoms with Gasteiger partial charge in [-0.05, 0) is 37.5 Å². The normalized spacial score (nSPS) is 19.5. The van der Waals surface area contributed by atoms with Crippen LogP contribution in [0.3, 0.4) is 0 Å². The zero-order valence-corrected chi connectivity index (χ0v) is 19.2. The van der Waals surface area contributed by atoms with E-state index in [0.717, 1.165) is 48.6 Å². The second-order valence-corrected chi connectivity index (χ2v) is 8.76. The van der Waals surface area contributed by atoms with Crippen molar-refractivity contribution in [2.75, 3.05) is 51.6 Å². The Bertz CT molecular complexity index is 871. The van der Waals surface area contributed by atoms with Crippen LogP contribution < -0.4 is 15.1 Å². The van der Waals surface area contributed by atoms with Crippen LogP contribution in [-0.4, -0.2) is 63.0 Å². The van der Waals surface area contributed by atoms with Gasteiger partial charge >= 0.3 is 0 Å². The number of benzene rings is 2. The maximum atomic E-state index is 12.8. The van der Waals surface area contributed by atoms with Crippen LogP contribution in [0.2, 0.25) is 0 Å². The molecule has 0 aliphatic carbocycles. The summed E-state index contributed by atoms with van der Waals surface area (Å²) in [5, 5.41) is 3.08. The molecule has 3 N–H and O–H groups in total. The number of amides is 2. The first-order chi connectivity index (χ1) is 14.8. The molecule has 0 radical (unpaired) electrons. The van der Waals surface area contributed by atoms with E-state index in [1.54, 1.807) is 0 Å². The summed E-state index contributed by atoms with van der Waals surface area (Å²) in [5.74, 6) is 0.228. The van der Waals surface area contributed by atoms with Gasteiger partial charge in [-0.25, -0.2) is 0 Å². The van der Waals surface area contributed by atoms with Crippen LogP contribution in [-0.2, 0) is 9.59 Å². The fourth-order valence-corrected chi connectivity index (χ4v) is 4.24. The predicted molar refractivity (Wildman–Crippen MR) is 123 cm³/mol. The summed E-state index contributed by atoms with van der Waals surface area (Å²) in [7, 11) is 1.89. The average Bonchev–Trinajstić information content (AvgIpc) is 2.77. The lowest BCUT2D eigenvalue weighted by atomic mass is 10.1. The molecular formula is C25H36N4O2+2. The molecule has 0 aromatic heterocycles. The first-order valence-electron chi connectivity index (χ1n) is 11.2. The second kappa shape index (κ2) is 10.6. The number of quaternary nitrogens is 2. The molecule has 166 valence electrons. The third kappa shape index (κ3) is 6.15. The zero-order chi connectivity index (χ0) is 22.4. The van der Waals surface area contributed by atoms with Gasteiger partial charge in [0, 0.05) is 12.7 Å². The lowest BCUT2D eigenvalue weighted by Crippen LogP contribution is -3.28. The molecule has 0 unspecified atom stereocenters. The summed E-state index contributed by atoms with van der Waals surface area (Å²) in [6, 6.07) is 16.2. The van der Waals surface area contributed by atoms with Crippen LogP contribution in [0.5, 0.6) is 0 Å². The maximum Gasteiger partial charge on any atom is 0.279 e. The second-order valence-electron chi connectivity index (χ2n) is 8.76. The van der Waals surface area contributed by atoms with Gasteiger partial charge in [0.05, 0.1) is 6.04 Å². The van der Waals surface area contributed by atoms with E-state index in [1.807, 2.05) is 62.2 Å². The van der Waals surface area contributed by atoms with Crippen LogP contribution in [0.25, 0.3) is 0 Å². The Morgan fingerprint density at radius 1 is 0.903 bits per heavy atom. The molecule has 1 aliphatic heterocycles. The minimum Gasteiger partial charge on any atom is -0.334 e. The Balaban J connectivity index is 1.44. The van der Waals surface area contributed by atoms with Crippen LogP contribution in [0.15, 0.2) is 48.5 Å². The fourth-order valence-electron chi connectivity index (χ4n) is 4.24. The number of aryl methyl sites for hydroxylation is 2. The van der Waals surface area contributed by atoms with Crippen molar-refractivity contribution in [1.29, 1.82) is 0 Å². The molecule has 1 atom stereocenters. The molecule has 6 nitrogen and oxygen atoms in total. The number of nitrogens with one attached hydrogen (secondary N) is 3. The lowest BCUT2D eigenvalue weighted by molar-refractivity contribution is -1.00. The van der Waals surface area contributed by atoms with E-state index in [9.17, 15) is 9.59 Å². The number of para-hydroxylation sites is 1. The van der Waals surface area contributed by atoms with Crippen LogP contribution in [0, 0.1) is 13.8 Å². The average molecular weight is 425 g/mol. The molecule has 1 fully saturated rings. The van der Waals surface area contributed by atoms with Gasteiger partial charge in [0.2, 0.25) is 0 Å². The molecular weight excluding hydrogens is 388 g/mol. The Hall–Kier alpha value is -2.70. The lowest BCUT2D eigenvalue weighted by Gasteiger charge is -2.31. The van der Waals surface area contributed by atoms with Gasteiger partial charge in [-0.3, -0.25) is 9.59 Å². The highest BCUT2D eigenvalue weighted by Gasteiger charge is 2.28. The topological polar surface area (TPSA) is 58.3 Å². The predicted octanol–water partition coefficient (Wildman–Crippen LogP) is 0.245.